The molecule has 0 aliphatic heterocycles. The summed E-state index contributed by atoms with van der Waals surface area (Å²) < 4.78 is 0. The normalized spacial score (nSPS) is 14.9. The molecule has 0 aliphatic rings. The van der Waals surface area contributed by atoms with Gasteiger partial charge in [-0.2, -0.15) is 0 Å². The Bertz CT molecular complexity index is 297. The number of aliphatic hydroxyl groups excluding tert-OH is 1. The third-order valence-corrected chi connectivity index (χ3v) is 4.25. The summed E-state index contributed by atoms with van der Waals surface area (Å²) in [5.74, 6) is 0.438. The molecule has 2 nitrogen and oxygen atoms in total. The van der Waals surface area contributed by atoms with Crippen molar-refractivity contribution >= 4 is 11.3 Å². The van der Waals surface area contributed by atoms with Gasteiger partial charge in [-0.25, -0.2) is 0 Å². The monoisotopic (exact) mass is 269 g/mol. The molecule has 0 bridgehead atoms. The zero-order valence-electron chi connectivity index (χ0n) is 11.9. The molecule has 0 amide bonds. The van der Waals surface area contributed by atoms with Crippen LogP contribution in [-0.4, -0.2) is 17.7 Å². The Morgan fingerprint density at radius 2 is 2.06 bits per heavy atom. The second-order valence-corrected chi connectivity index (χ2v) is 6.22. The molecule has 0 aromatic carbocycles. The third kappa shape index (κ3) is 5.09. The zero-order chi connectivity index (χ0) is 13.4. The number of thiophene rings is 1. The Balaban J connectivity index is 2.40. The number of nitrogens with one attached hydrogen (secondary N) is 1. The van der Waals surface area contributed by atoms with Gasteiger partial charge in [-0.05, 0) is 30.3 Å². The van der Waals surface area contributed by atoms with E-state index in [0.29, 0.717) is 5.92 Å². The predicted molar refractivity (Wildman–Crippen MR) is 80.0 cm³/mol. The lowest BCUT2D eigenvalue weighted by atomic mass is 9.97. The first-order chi connectivity index (χ1) is 8.66. The molecule has 3 heteroatoms. The van der Waals surface area contributed by atoms with Gasteiger partial charge in [-0.3, -0.25) is 0 Å². The highest BCUT2D eigenvalue weighted by molar-refractivity contribution is 7.10. The van der Waals surface area contributed by atoms with Crippen molar-refractivity contribution in [2.24, 2.45) is 5.92 Å². The fourth-order valence-electron chi connectivity index (χ4n) is 2.17. The fourth-order valence-corrected chi connectivity index (χ4v) is 2.93. The first-order valence-corrected chi connectivity index (χ1v) is 7.99. The van der Waals surface area contributed by atoms with Gasteiger partial charge in [0.15, 0.2) is 0 Å². The maximum absolute atomic E-state index is 10.4. The van der Waals surface area contributed by atoms with Gasteiger partial charge in [0.05, 0.1) is 0 Å². The SMILES string of the molecule is CCCCCCNC(C(C)C)C(O)c1cccs1. The largest absolute Gasteiger partial charge is 0.386 e. The van der Waals surface area contributed by atoms with Crippen LogP contribution in [0.25, 0.3) is 0 Å². The van der Waals surface area contributed by atoms with Crippen LogP contribution in [0.4, 0.5) is 0 Å². The van der Waals surface area contributed by atoms with Gasteiger partial charge >= 0.3 is 0 Å². The van der Waals surface area contributed by atoms with Crippen molar-refractivity contribution in [3.05, 3.63) is 22.4 Å². The molecule has 104 valence electrons. The maximum atomic E-state index is 10.4. The van der Waals surface area contributed by atoms with E-state index in [4.69, 9.17) is 0 Å². The molecule has 2 unspecified atom stereocenters. The number of aliphatic hydroxyl groups is 1. The smallest absolute Gasteiger partial charge is 0.104 e. The molecule has 0 aliphatic carbocycles. The number of hydrogen-bond donors (Lipinski definition) is 2. The van der Waals surface area contributed by atoms with Crippen LogP contribution < -0.4 is 5.32 Å². The Labute approximate surface area is 115 Å². The average Bonchev–Trinajstić information content (AvgIpc) is 2.86. The van der Waals surface area contributed by atoms with E-state index in [1.807, 2.05) is 17.5 Å². The minimum atomic E-state index is -0.379. The lowest BCUT2D eigenvalue weighted by Crippen LogP contribution is -2.39. The van der Waals surface area contributed by atoms with Crippen LogP contribution in [-0.2, 0) is 0 Å². The van der Waals surface area contributed by atoms with E-state index in [0.717, 1.165) is 11.4 Å². The summed E-state index contributed by atoms with van der Waals surface area (Å²) in [6, 6.07) is 4.18. The molecule has 1 heterocycles. The van der Waals surface area contributed by atoms with Crippen LogP contribution in [0.5, 0.6) is 0 Å². The lowest BCUT2D eigenvalue weighted by Gasteiger charge is -2.27. The average molecular weight is 269 g/mol. The van der Waals surface area contributed by atoms with Crippen LogP contribution in [0.3, 0.4) is 0 Å². The molecule has 0 saturated heterocycles. The topological polar surface area (TPSA) is 32.3 Å². The molecule has 1 rings (SSSR count). The van der Waals surface area contributed by atoms with E-state index in [-0.39, 0.29) is 12.1 Å². The van der Waals surface area contributed by atoms with Gasteiger partial charge in [0, 0.05) is 10.9 Å². The molecule has 0 spiro atoms. The Morgan fingerprint density at radius 1 is 1.28 bits per heavy atom. The van der Waals surface area contributed by atoms with Crippen LogP contribution in [0, 0.1) is 5.92 Å². The fraction of sp³-hybridized carbons (Fsp3) is 0.733. The highest BCUT2D eigenvalue weighted by Gasteiger charge is 2.23. The van der Waals surface area contributed by atoms with Crippen molar-refractivity contribution in [2.75, 3.05) is 6.54 Å². The summed E-state index contributed by atoms with van der Waals surface area (Å²) in [6.07, 6.45) is 4.68. The van der Waals surface area contributed by atoms with Gasteiger partial charge in [-0.15, -0.1) is 11.3 Å². The van der Waals surface area contributed by atoms with E-state index >= 15 is 0 Å². The van der Waals surface area contributed by atoms with Crippen LogP contribution in [0.15, 0.2) is 17.5 Å². The van der Waals surface area contributed by atoms with E-state index in [1.165, 1.54) is 25.7 Å². The number of rotatable bonds is 9. The van der Waals surface area contributed by atoms with E-state index in [9.17, 15) is 5.11 Å². The third-order valence-electron chi connectivity index (χ3n) is 3.30. The van der Waals surface area contributed by atoms with Crippen molar-refractivity contribution in [3.63, 3.8) is 0 Å². The molecule has 2 N–H and O–H groups in total. The Morgan fingerprint density at radius 3 is 2.61 bits per heavy atom. The van der Waals surface area contributed by atoms with Gasteiger partial charge in [-0.1, -0.05) is 46.1 Å². The van der Waals surface area contributed by atoms with Gasteiger partial charge in [0.25, 0.3) is 0 Å². The van der Waals surface area contributed by atoms with Gasteiger partial charge in [0.1, 0.15) is 6.10 Å². The van der Waals surface area contributed by atoms with E-state index in [1.54, 1.807) is 11.3 Å². The first kappa shape index (κ1) is 15.7. The van der Waals surface area contributed by atoms with Crippen LogP contribution in [0.1, 0.15) is 57.4 Å². The second kappa shape index (κ2) is 8.68. The molecule has 0 fully saturated rings. The van der Waals surface area contributed by atoms with Crippen LogP contribution >= 0.6 is 11.3 Å². The predicted octanol–water partition coefficient (Wildman–Crippen LogP) is 3.98. The summed E-state index contributed by atoms with van der Waals surface area (Å²) in [5.41, 5.74) is 0. The molecule has 1 aromatic heterocycles. The first-order valence-electron chi connectivity index (χ1n) is 7.11. The minimum absolute atomic E-state index is 0.158. The molecule has 18 heavy (non-hydrogen) atoms. The molecule has 1 aromatic rings. The lowest BCUT2D eigenvalue weighted by molar-refractivity contribution is 0.108. The Kier molecular flexibility index (Phi) is 7.56. The van der Waals surface area contributed by atoms with Gasteiger partial charge < -0.3 is 10.4 Å². The second-order valence-electron chi connectivity index (χ2n) is 5.24. The minimum Gasteiger partial charge on any atom is -0.386 e. The zero-order valence-corrected chi connectivity index (χ0v) is 12.7. The van der Waals surface area contributed by atoms with Gasteiger partial charge in [0.2, 0.25) is 0 Å². The maximum Gasteiger partial charge on any atom is 0.104 e. The number of unbranched alkanes of at least 4 members (excludes halogenated alkanes) is 3. The quantitative estimate of drug-likeness (QED) is 0.665. The standard InChI is InChI=1S/C15H27NOS/c1-4-5-6-7-10-16-14(12(2)3)15(17)13-9-8-11-18-13/h8-9,11-12,14-17H,4-7,10H2,1-3H3. The summed E-state index contributed by atoms with van der Waals surface area (Å²) in [7, 11) is 0. The molecular formula is C15H27NOS. The molecular weight excluding hydrogens is 242 g/mol. The Hall–Kier alpha value is -0.380. The van der Waals surface area contributed by atoms with E-state index < -0.39 is 0 Å². The van der Waals surface area contributed by atoms with Crippen LogP contribution in [0.2, 0.25) is 0 Å². The highest BCUT2D eigenvalue weighted by atomic mass is 32.1. The molecule has 0 saturated carbocycles. The van der Waals surface area contributed by atoms with Crippen molar-refractivity contribution in [1.29, 1.82) is 0 Å². The number of hydrogen-bond acceptors (Lipinski definition) is 3. The molecule has 2 atom stereocenters. The summed E-state index contributed by atoms with van der Waals surface area (Å²) >= 11 is 1.63. The van der Waals surface area contributed by atoms with Crippen molar-refractivity contribution in [1.82, 2.24) is 5.32 Å². The molecule has 0 radical (unpaired) electrons. The summed E-state index contributed by atoms with van der Waals surface area (Å²) in [6.45, 7) is 7.57. The summed E-state index contributed by atoms with van der Waals surface area (Å²) in [5, 5.41) is 15.9. The highest BCUT2D eigenvalue weighted by Crippen LogP contribution is 2.25. The van der Waals surface area contributed by atoms with Crippen molar-refractivity contribution in [2.45, 2.75) is 58.6 Å². The summed E-state index contributed by atoms with van der Waals surface area (Å²) in [4.78, 5) is 1.06. The van der Waals surface area contributed by atoms with Crippen molar-refractivity contribution < 1.29 is 5.11 Å². The van der Waals surface area contributed by atoms with Crippen molar-refractivity contribution in [3.8, 4) is 0 Å². The van der Waals surface area contributed by atoms with E-state index in [2.05, 4.69) is 26.1 Å².